The summed E-state index contributed by atoms with van der Waals surface area (Å²) in [6.07, 6.45) is 0.836. The summed E-state index contributed by atoms with van der Waals surface area (Å²) in [7, 11) is -3.49. The molecule has 5 nitrogen and oxygen atoms in total. The number of anilines is 1. The number of hydrogen-bond donors (Lipinski definition) is 1. The Hall–Kier alpha value is -1.89. The Morgan fingerprint density at radius 1 is 1.04 bits per heavy atom. The number of fused-ring (bicyclic) bond motifs is 2. The molecule has 0 spiro atoms. The van der Waals surface area contributed by atoms with Crippen LogP contribution in [-0.4, -0.2) is 44.5 Å². The van der Waals surface area contributed by atoms with Crippen molar-refractivity contribution in [2.75, 3.05) is 18.0 Å². The quantitative estimate of drug-likeness (QED) is 0.858. The number of aryl methyl sites for hydroxylation is 1. The normalized spacial score (nSPS) is 22.8. The molecular formula is C22H29N3O2S. The molecule has 0 saturated carbocycles. The summed E-state index contributed by atoms with van der Waals surface area (Å²) in [4.78, 5) is 5.23. The molecule has 2 atom stereocenters. The predicted molar refractivity (Wildman–Crippen MR) is 113 cm³/mol. The van der Waals surface area contributed by atoms with Crippen LogP contribution in [0.2, 0.25) is 0 Å². The van der Waals surface area contributed by atoms with E-state index in [0.29, 0.717) is 17.0 Å². The fourth-order valence-electron chi connectivity index (χ4n) is 4.42. The first-order chi connectivity index (χ1) is 13.3. The van der Waals surface area contributed by atoms with Crippen molar-refractivity contribution in [3.8, 4) is 0 Å². The summed E-state index contributed by atoms with van der Waals surface area (Å²) in [5.41, 5.74) is 3.69. The van der Waals surface area contributed by atoms with E-state index in [-0.39, 0.29) is 6.04 Å². The van der Waals surface area contributed by atoms with E-state index in [1.165, 1.54) is 11.3 Å². The van der Waals surface area contributed by atoms with E-state index in [1.807, 2.05) is 19.1 Å². The Labute approximate surface area is 168 Å². The van der Waals surface area contributed by atoms with Gasteiger partial charge in [0, 0.05) is 43.4 Å². The molecule has 150 valence electrons. The summed E-state index contributed by atoms with van der Waals surface area (Å²) < 4.78 is 28.6. The lowest BCUT2D eigenvalue weighted by molar-refractivity contribution is 0.251. The highest BCUT2D eigenvalue weighted by atomic mass is 32.2. The Bertz CT molecular complexity index is 941. The van der Waals surface area contributed by atoms with E-state index >= 15 is 0 Å². The third-order valence-electron chi connectivity index (χ3n) is 5.89. The number of rotatable bonds is 4. The van der Waals surface area contributed by atoms with Crippen LogP contribution in [0.1, 0.15) is 31.4 Å². The van der Waals surface area contributed by atoms with Crippen LogP contribution in [0.5, 0.6) is 0 Å². The lowest BCUT2D eigenvalue weighted by Crippen LogP contribution is -2.40. The lowest BCUT2D eigenvalue weighted by atomic mass is 10.1. The van der Waals surface area contributed by atoms with Gasteiger partial charge in [0.25, 0.3) is 0 Å². The molecule has 2 aliphatic rings. The molecule has 2 heterocycles. The van der Waals surface area contributed by atoms with Gasteiger partial charge in [-0.15, -0.1) is 0 Å². The van der Waals surface area contributed by atoms with Crippen molar-refractivity contribution in [1.82, 2.24) is 9.62 Å². The molecule has 28 heavy (non-hydrogen) atoms. The van der Waals surface area contributed by atoms with Gasteiger partial charge in [-0.05, 0) is 51.0 Å². The summed E-state index contributed by atoms with van der Waals surface area (Å²) in [5, 5.41) is 0. The van der Waals surface area contributed by atoms with Crippen LogP contribution in [0.3, 0.4) is 0 Å². The third kappa shape index (κ3) is 3.81. The van der Waals surface area contributed by atoms with Crippen molar-refractivity contribution in [3.05, 3.63) is 59.7 Å². The van der Waals surface area contributed by atoms with Crippen LogP contribution in [-0.2, 0) is 16.6 Å². The van der Waals surface area contributed by atoms with Gasteiger partial charge in [-0.3, -0.25) is 4.90 Å². The van der Waals surface area contributed by atoms with Gasteiger partial charge in [-0.25, -0.2) is 13.1 Å². The van der Waals surface area contributed by atoms with Crippen LogP contribution in [0.15, 0.2) is 53.4 Å². The Morgan fingerprint density at radius 3 is 2.46 bits per heavy atom. The van der Waals surface area contributed by atoms with E-state index in [9.17, 15) is 8.42 Å². The smallest absolute Gasteiger partial charge is 0.240 e. The molecule has 0 unspecified atom stereocenters. The SMILES string of the molecule is Cc1ccc(S(=O)(=O)N[C@H]2C[C@H]3CN(C(C)C)c4ccccc4CN3C2)cc1. The summed E-state index contributed by atoms with van der Waals surface area (Å²) in [6, 6.07) is 16.3. The van der Waals surface area contributed by atoms with Gasteiger partial charge >= 0.3 is 0 Å². The van der Waals surface area contributed by atoms with E-state index in [4.69, 9.17) is 0 Å². The van der Waals surface area contributed by atoms with E-state index in [1.54, 1.807) is 12.1 Å². The van der Waals surface area contributed by atoms with Gasteiger partial charge in [-0.2, -0.15) is 0 Å². The average molecular weight is 400 g/mol. The molecule has 0 aromatic heterocycles. The van der Waals surface area contributed by atoms with Gasteiger partial charge in [-0.1, -0.05) is 35.9 Å². The zero-order valence-corrected chi connectivity index (χ0v) is 17.6. The molecule has 2 aromatic rings. The molecular weight excluding hydrogens is 370 g/mol. The average Bonchev–Trinajstić information content (AvgIpc) is 2.93. The van der Waals surface area contributed by atoms with E-state index in [0.717, 1.165) is 31.6 Å². The number of benzene rings is 2. The van der Waals surface area contributed by atoms with Crippen LogP contribution in [0, 0.1) is 6.92 Å². The number of para-hydroxylation sites is 1. The molecule has 1 fully saturated rings. The molecule has 1 saturated heterocycles. The van der Waals surface area contributed by atoms with Crippen LogP contribution >= 0.6 is 0 Å². The van der Waals surface area contributed by atoms with E-state index < -0.39 is 10.0 Å². The van der Waals surface area contributed by atoms with Crippen molar-refractivity contribution in [3.63, 3.8) is 0 Å². The number of nitrogens with zero attached hydrogens (tertiary/aromatic N) is 2. The number of hydrogen-bond acceptors (Lipinski definition) is 4. The maximum Gasteiger partial charge on any atom is 0.240 e. The predicted octanol–water partition coefficient (Wildman–Crippen LogP) is 3.14. The molecule has 0 bridgehead atoms. The van der Waals surface area contributed by atoms with Crippen molar-refractivity contribution in [2.45, 2.75) is 56.8 Å². The minimum Gasteiger partial charge on any atom is -0.367 e. The first-order valence-electron chi connectivity index (χ1n) is 10.0. The molecule has 6 heteroatoms. The Balaban J connectivity index is 1.53. The summed E-state index contributed by atoms with van der Waals surface area (Å²) in [6.45, 7) is 8.94. The summed E-state index contributed by atoms with van der Waals surface area (Å²) >= 11 is 0. The van der Waals surface area contributed by atoms with Crippen molar-refractivity contribution in [2.24, 2.45) is 0 Å². The maximum absolute atomic E-state index is 12.8. The molecule has 4 rings (SSSR count). The Morgan fingerprint density at radius 2 is 1.75 bits per heavy atom. The van der Waals surface area contributed by atoms with Crippen molar-refractivity contribution in [1.29, 1.82) is 0 Å². The highest BCUT2D eigenvalue weighted by Crippen LogP contribution is 2.33. The molecule has 0 radical (unpaired) electrons. The molecule has 1 N–H and O–H groups in total. The van der Waals surface area contributed by atoms with Crippen LogP contribution in [0.4, 0.5) is 5.69 Å². The van der Waals surface area contributed by atoms with Gasteiger partial charge in [0.15, 0.2) is 0 Å². The zero-order valence-electron chi connectivity index (χ0n) is 16.8. The lowest BCUT2D eigenvalue weighted by Gasteiger charge is -2.31. The second-order valence-corrected chi connectivity index (χ2v) is 10.0. The molecule has 2 aliphatic heterocycles. The highest BCUT2D eigenvalue weighted by Gasteiger charge is 2.38. The van der Waals surface area contributed by atoms with E-state index in [2.05, 4.69) is 52.6 Å². The number of sulfonamides is 1. The summed E-state index contributed by atoms with van der Waals surface area (Å²) in [5.74, 6) is 0. The van der Waals surface area contributed by atoms with Gasteiger partial charge in [0.1, 0.15) is 0 Å². The van der Waals surface area contributed by atoms with Crippen LogP contribution < -0.4 is 9.62 Å². The van der Waals surface area contributed by atoms with Crippen LogP contribution in [0.25, 0.3) is 0 Å². The fraction of sp³-hybridized carbons (Fsp3) is 0.455. The van der Waals surface area contributed by atoms with Gasteiger partial charge in [0.05, 0.1) is 4.90 Å². The third-order valence-corrected chi connectivity index (χ3v) is 7.42. The molecule has 2 aromatic carbocycles. The monoisotopic (exact) mass is 399 g/mol. The standard InChI is InChI=1S/C22H29N3O2S/c1-16(2)25-15-20-12-19(14-24(20)13-18-6-4-5-7-22(18)25)23-28(26,27)21-10-8-17(3)9-11-21/h4-11,16,19-20,23H,12-15H2,1-3H3/t19-,20-/m0/s1. The first-order valence-corrected chi connectivity index (χ1v) is 11.5. The second kappa shape index (κ2) is 7.50. The Kier molecular flexibility index (Phi) is 5.21. The van der Waals surface area contributed by atoms with Crippen molar-refractivity contribution < 1.29 is 8.42 Å². The van der Waals surface area contributed by atoms with Crippen molar-refractivity contribution >= 4 is 15.7 Å². The topological polar surface area (TPSA) is 52.7 Å². The molecule has 0 aliphatic carbocycles. The largest absolute Gasteiger partial charge is 0.367 e. The first kappa shape index (κ1) is 19.4. The second-order valence-electron chi connectivity index (χ2n) is 8.33. The number of nitrogens with one attached hydrogen (secondary N) is 1. The minimum atomic E-state index is -3.49. The minimum absolute atomic E-state index is 0.0597. The zero-order chi connectivity index (χ0) is 19.9. The molecule has 0 amide bonds. The van der Waals surface area contributed by atoms with Gasteiger partial charge in [0.2, 0.25) is 10.0 Å². The van der Waals surface area contributed by atoms with Gasteiger partial charge < -0.3 is 4.90 Å². The highest BCUT2D eigenvalue weighted by molar-refractivity contribution is 7.89. The fourth-order valence-corrected chi connectivity index (χ4v) is 5.66. The maximum atomic E-state index is 12.8.